The van der Waals surface area contributed by atoms with Gasteiger partial charge in [0.1, 0.15) is 0 Å². The monoisotopic (exact) mass is 275 g/mol. The van der Waals surface area contributed by atoms with E-state index in [1.165, 1.54) is 0 Å². The summed E-state index contributed by atoms with van der Waals surface area (Å²) in [6.07, 6.45) is 1.66. The summed E-state index contributed by atoms with van der Waals surface area (Å²) in [4.78, 5) is 11.1. The smallest absolute Gasteiger partial charge is 0.306 e. The molecule has 0 aromatic heterocycles. The molecule has 3 N–H and O–H groups in total. The van der Waals surface area contributed by atoms with E-state index >= 15 is 0 Å². The number of nitrogens with two attached hydrogens (primary N) is 1. The molecule has 0 spiro atoms. The summed E-state index contributed by atoms with van der Waals surface area (Å²) < 4.78 is 0. The first kappa shape index (κ1) is 14.3. The molecule has 1 aromatic carbocycles. The Morgan fingerprint density at radius 2 is 2.12 bits per heavy atom. The van der Waals surface area contributed by atoms with Gasteiger partial charge in [0.05, 0.1) is 5.92 Å². The standard InChI is InChI=1S/C12H15Cl2NO2/c13-10-4-3-8(11(14)7-10)6-9(12(16)17)2-1-5-15/h3-4,7,9H,1-2,5-6,15H2,(H,16,17). The minimum absolute atomic E-state index is 0.408. The van der Waals surface area contributed by atoms with E-state index in [9.17, 15) is 4.79 Å². The molecule has 0 heterocycles. The zero-order valence-corrected chi connectivity index (χ0v) is 10.8. The van der Waals surface area contributed by atoms with E-state index < -0.39 is 11.9 Å². The number of hydrogen-bond acceptors (Lipinski definition) is 2. The number of carbonyl (C=O) groups is 1. The molecule has 0 aliphatic heterocycles. The van der Waals surface area contributed by atoms with Crippen molar-refractivity contribution in [2.45, 2.75) is 19.3 Å². The maximum atomic E-state index is 11.1. The van der Waals surface area contributed by atoms with Crippen molar-refractivity contribution >= 4 is 29.2 Å². The van der Waals surface area contributed by atoms with Crippen molar-refractivity contribution in [3.05, 3.63) is 33.8 Å². The van der Waals surface area contributed by atoms with Gasteiger partial charge < -0.3 is 10.8 Å². The number of halogens is 2. The number of carboxylic acids is 1. The van der Waals surface area contributed by atoms with E-state index in [-0.39, 0.29) is 0 Å². The second-order valence-electron chi connectivity index (χ2n) is 3.91. The molecule has 17 heavy (non-hydrogen) atoms. The van der Waals surface area contributed by atoms with Crippen LogP contribution in [0.15, 0.2) is 18.2 Å². The van der Waals surface area contributed by atoms with Gasteiger partial charge in [-0.25, -0.2) is 0 Å². The quantitative estimate of drug-likeness (QED) is 0.839. The van der Waals surface area contributed by atoms with Crippen LogP contribution in [0.4, 0.5) is 0 Å². The topological polar surface area (TPSA) is 63.3 Å². The molecular weight excluding hydrogens is 261 g/mol. The minimum atomic E-state index is -0.815. The van der Waals surface area contributed by atoms with Crippen LogP contribution in [0.5, 0.6) is 0 Å². The molecule has 0 aliphatic rings. The lowest BCUT2D eigenvalue weighted by molar-refractivity contribution is -0.141. The highest BCUT2D eigenvalue weighted by molar-refractivity contribution is 6.35. The predicted molar refractivity (Wildman–Crippen MR) is 69.6 cm³/mol. The van der Waals surface area contributed by atoms with Gasteiger partial charge in [-0.1, -0.05) is 29.3 Å². The molecule has 3 nitrogen and oxygen atoms in total. The van der Waals surface area contributed by atoms with Gasteiger partial charge in [-0.15, -0.1) is 0 Å². The van der Waals surface area contributed by atoms with Crippen LogP contribution in [-0.2, 0) is 11.2 Å². The molecular formula is C12H15Cl2NO2. The Labute approximate surface area is 111 Å². The number of benzene rings is 1. The van der Waals surface area contributed by atoms with E-state index in [1.807, 2.05) is 0 Å². The second-order valence-corrected chi connectivity index (χ2v) is 4.75. The third-order valence-electron chi connectivity index (χ3n) is 2.59. The van der Waals surface area contributed by atoms with Gasteiger partial charge >= 0.3 is 5.97 Å². The Balaban J connectivity index is 2.75. The van der Waals surface area contributed by atoms with E-state index in [4.69, 9.17) is 34.0 Å². The lowest BCUT2D eigenvalue weighted by Gasteiger charge is -2.13. The highest BCUT2D eigenvalue weighted by Crippen LogP contribution is 2.24. The van der Waals surface area contributed by atoms with Crippen molar-refractivity contribution in [2.24, 2.45) is 11.7 Å². The van der Waals surface area contributed by atoms with Crippen LogP contribution < -0.4 is 5.73 Å². The number of aliphatic carboxylic acids is 1. The fourth-order valence-electron chi connectivity index (χ4n) is 1.63. The number of rotatable bonds is 6. The Morgan fingerprint density at radius 3 is 2.65 bits per heavy atom. The second kappa shape index (κ2) is 6.84. The van der Waals surface area contributed by atoms with Crippen molar-refractivity contribution < 1.29 is 9.90 Å². The molecule has 1 atom stereocenters. The average molecular weight is 276 g/mol. The van der Waals surface area contributed by atoms with Gasteiger partial charge in [-0.05, 0) is 43.5 Å². The number of carboxylic acid groups (broad SMARTS) is 1. The molecule has 0 saturated heterocycles. The molecule has 0 radical (unpaired) electrons. The van der Waals surface area contributed by atoms with E-state index in [0.29, 0.717) is 35.9 Å². The maximum absolute atomic E-state index is 11.1. The maximum Gasteiger partial charge on any atom is 0.306 e. The molecule has 1 aromatic rings. The molecule has 0 aliphatic carbocycles. The molecule has 0 fully saturated rings. The zero-order chi connectivity index (χ0) is 12.8. The zero-order valence-electron chi connectivity index (χ0n) is 9.33. The van der Waals surface area contributed by atoms with Gasteiger partial charge in [0.15, 0.2) is 0 Å². The van der Waals surface area contributed by atoms with Gasteiger partial charge in [0.2, 0.25) is 0 Å². The molecule has 0 saturated carbocycles. The van der Waals surface area contributed by atoms with Crippen molar-refractivity contribution in [1.29, 1.82) is 0 Å². The van der Waals surface area contributed by atoms with E-state index in [2.05, 4.69) is 0 Å². The highest BCUT2D eigenvalue weighted by atomic mass is 35.5. The summed E-state index contributed by atoms with van der Waals surface area (Å²) in [5.41, 5.74) is 6.19. The van der Waals surface area contributed by atoms with Crippen molar-refractivity contribution in [3.8, 4) is 0 Å². The van der Waals surface area contributed by atoms with Crippen LogP contribution >= 0.6 is 23.2 Å². The summed E-state index contributed by atoms with van der Waals surface area (Å²) in [7, 11) is 0. The first-order valence-corrected chi connectivity index (χ1v) is 6.17. The summed E-state index contributed by atoms with van der Waals surface area (Å²) >= 11 is 11.8. The Bertz CT molecular complexity index is 396. The summed E-state index contributed by atoms with van der Waals surface area (Å²) in [5.74, 6) is -1.26. The third kappa shape index (κ3) is 4.54. The Hall–Kier alpha value is -0.770. The lowest BCUT2D eigenvalue weighted by Crippen LogP contribution is -2.18. The molecule has 94 valence electrons. The largest absolute Gasteiger partial charge is 0.481 e. The van der Waals surface area contributed by atoms with Gasteiger partial charge in [0, 0.05) is 10.0 Å². The predicted octanol–water partition coefficient (Wildman–Crippen LogP) is 2.98. The summed E-state index contributed by atoms with van der Waals surface area (Å²) in [5, 5.41) is 10.2. The van der Waals surface area contributed by atoms with Crippen LogP contribution in [0, 0.1) is 5.92 Å². The first-order valence-electron chi connectivity index (χ1n) is 5.41. The van der Waals surface area contributed by atoms with Crippen molar-refractivity contribution in [2.75, 3.05) is 6.54 Å². The van der Waals surface area contributed by atoms with Crippen LogP contribution in [0.25, 0.3) is 0 Å². The first-order chi connectivity index (χ1) is 8.04. The minimum Gasteiger partial charge on any atom is -0.481 e. The molecule has 0 amide bonds. The fourth-order valence-corrected chi connectivity index (χ4v) is 2.12. The van der Waals surface area contributed by atoms with Crippen LogP contribution in [0.2, 0.25) is 10.0 Å². The highest BCUT2D eigenvalue weighted by Gasteiger charge is 2.18. The summed E-state index contributed by atoms with van der Waals surface area (Å²) in [6.45, 7) is 0.498. The molecule has 1 unspecified atom stereocenters. The van der Waals surface area contributed by atoms with Crippen molar-refractivity contribution in [1.82, 2.24) is 0 Å². The molecule has 5 heteroatoms. The number of hydrogen-bond donors (Lipinski definition) is 2. The summed E-state index contributed by atoms with van der Waals surface area (Å²) in [6, 6.07) is 5.11. The normalized spacial score (nSPS) is 12.4. The molecule has 1 rings (SSSR count). The third-order valence-corrected chi connectivity index (χ3v) is 3.17. The van der Waals surface area contributed by atoms with Crippen LogP contribution in [0.3, 0.4) is 0 Å². The van der Waals surface area contributed by atoms with Gasteiger partial charge in [-0.3, -0.25) is 4.79 Å². The van der Waals surface area contributed by atoms with Gasteiger partial charge in [0.25, 0.3) is 0 Å². The van der Waals surface area contributed by atoms with E-state index in [0.717, 1.165) is 5.56 Å². The van der Waals surface area contributed by atoms with Crippen LogP contribution in [-0.4, -0.2) is 17.6 Å². The average Bonchev–Trinajstić information content (AvgIpc) is 2.26. The van der Waals surface area contributed by atoms with Gasteiger partial charge in [-0.2, -0.15) is 0 Å². The molecule has 0 bridgehead atoms. The Kier molecular flexibility index (Phi) is 5.75. The SMILES string of the molecule is NCCCC(Cc1ccc(Cl)cc1Cl)C(=O)O. The van der Waals surface area contributed by atoms with Crippen molar-refractivity contribution in [3.63, 3.8) is 0 Å². The Morgan fingerprint density at radius 1 is 1.41 bits per heavy atom. The lowest BCUT2D eigenvalue weighted by atomic mass is 9.95. The van der Waals surface area contributed by atoms with Crippen LogP contribution in [0.1, 0.15) is 18.4 Å². The fraction of sp³-hybridized carbons (Fsp3) is 0.417. The van der Waals surface area contributed by atoms with E-state index in [1.54, 1.807) is 18.2 Å².